The van der Waals surface area contributed by atoms with Gasteiger partial charge in [-0.1, -0.05) is 0 Å². The van der Waals surface area contributed by atoms with Crippen LogP contribution in [-0.4, -0.2) is 41.5 Å². The first-order valence-corrected chi connectivity index (χ1v) is 8.26. The van der Waals surface area contributed by atoms with E-state index in [4.69, 9.17) is 0 Å². The number of rotatable bonds is 5. The van der Waals surface area contributed by atoms with Gasteiger partial charge in [0.05, 0.1) is 10.7 Å². The van der Waals surface area contributed by atoms with Crippen molar-refractivity contribution in [3.05, 3.63) is 16.1 Å². The Hall–Kier alpha value is -0.0100. The van der Waals surface area contributed by atoms with Gasteiger partial charge in [-0.15, -0.1) is 36.2 Å². The Morgan fingerprint density at radius 2 is 2.35 bits per heavy atom. The number of nitrogens with zero attached hydrogens (tertiary/aromatic N) is 1. The standard InChI is InChI=1S/C12H19N3OS2.2ClH/c1-9-15-10(8-18-9)2-3-14-12(16)6-11-7-17-5-4-13-11;;/h8,11,13H,2-7H2,1H3,(H,14,16);2*1H. The third-order valence-corrected chi connectivity index (χ3v) is 4.75. The van der Waals surface area contributed by atoms with Crippen LogP contribution < -0.4 is 10.6 Å². The molecule has 1 aliphatic rings. The van der Waals surface area contributed by atoms with Crippen LogP contribution >= 0.6 is 47.9 Å². The van der Waals surface area contributed by atoms with Crippen molar-refractivity contribution in [2.45, 2.75) is 25.8 Å². The lowest BCUT2D eigenvalue weighted by molar-refractivity contribution is -0.121. The van der Waals surface area contributed by atoms with E-state index in [0.29, 0.717) is 19.0 Å². The van der Waals surface area contributed by atoms with Gasteiger partial charge in [-0.3, -0.25) is 4.79 Å². The van der Waals surface area contributed by atoms with Gasteiger partial charge in [-0.05, 0) is 6.92 Å². The molecule has 1 aromatic rings. The van der Waals surface area contributed by atoms with Crippen LogP contribution in [0.15, 0.2) is 5.38 Å². The van der Waals surface area contributed by atoms with Gasteiger partial charge in [0, 0.05) is 48.9 Å². The molecule has 1 fully saturated rings. The van der Waals surface area contributed by atoms with Crippen LogP contribution in [0.3, 0.4) is 0 Å². The summed E-state index contributed by atoms with van der Waals surface area (Å²) in [5.41, 5.74) is 1.07. The van der Waals surface area contributed by atoms with Gasteiger partial charge in [0.15, 0.2) is 0 Å². The highest BCUT2D eigenvalue weighted by Gasteiger charge is 2.16. The smallest absolute Gasteiger partial charge is 0.221 e. The molecule has 2 N–H and O–H groups in total. The molecule has 1 atom stereocenters. The molecular formula is C12H21Cl2N3OS2. The number of carbonyl (C=O) groups is 1. The van der Waals surface area contributed by atoms with E-state index in [1.807, 2.05) is 18.7 Å². The molecule has 1 unspecified atom stereocenters. The minimum absolute atomic E-state index is 0. The minimum atomic E-state index is 0. The predicted molar refractivity (Wildman–Crippen MR) is 91.8 cm³/mol. The van der Waals surface area contributed by atoms with E-state index in [9.17, 15) is 4.79 Å². The van der Waals surface area contributed by atoms with Crippen molar-refractivity contribution < 1.29 is 4.79 Å². The Bertz CT molecular complexity index is 398. The summed E-state index contributed by atoms with van der Waals surface area (Å²) in [6.07, 6.45) is 1.41. The fourth-order valence-corrected chi connectivity index (χ4v) is 3.50. The van der Waals surface area contributed by atoms with E-state index in [0.717, 1.165) is 35.2 Å². The molecule has 0 aromatic carbocycles. The molecule has 20 heavy (non-hydrogen) atoms. The summed E-state index contributed by atoms with van der Waals surface area (Å²) in [4.78, 5) is 16.1. The van der Waals surface area contributed by atoms with Crippen LogP contribution in [0.1, 0.15) is 17.1 Å². The van der Waals surface area contributed by atoms with Crippen LogP contribution in [0.5, 0.6) is 0 Å². The summed E-state index contributed by atoms with van der Waals surface area (Å²) >= 11 is 3.57. The van der Waals surface area contributed by atoms with E-state index in [1.54, 1.807) is 11.3 Å². The van der Waals surface area contributed by atoms with Crippen molar-refractivity contribution in [2.75, 3.05) is 24.6 Å². The van der Waals surface area contributed by atoms with Crippen molar-refractivity contribution in [1.29, 1.82) is 0 Å². The second-order valence-corrected chi connectivity index (χ2v) is 6.60. The lowest BCUT2D eigenvalue weighted by atomic mass is 10.2. The number of thioether (sulfide) groups is 1. The molecule has 1 saturated heterocycles. The van der Waals surface area contributed by atoms with Gasteiger partial charge in [-0.2, -0.15) is 11.8 Å². The predicted octanol–water partition coefficient (Wildman–Crippen LogP) is 2.05. The maximum absolute atomic E-state index is 11.7. The largest absolute Gasteiger partial charge is 0.356 e. The van der Waals surface area contributed by atoms with E-state index < -0.39 is 0 Å². The zero-order valence-electron chi connectivity index (χ0n) is 11.4. The summed E-state index contributed by atoms with van der Waals surface area (Å²) in [6, 6.07) is 0.338. The average molecular weight is 358 g/mol. The first-order chi connectivity index (χ1) is 8.74. The third kappa shape index (κ3) is 7.13. The fraction of sp³-hybridized carbons (Fsp3) is 0.667. The number of aryl methyl sites for hydroxylation is 1. The van der Waals surface area contributed by atoms with Gasteiger partial charge in [0.2, 0.25) is 5.91 Å². The summed E-state index contributed by atoms with van der Waals surface area (Å²) in [7, 11) is 0. The highest BCUT2D eigenvalue weighted by Crippen LogP contribution is 2.10. The summed E-state index contributed by atoms with van der Waals surface area (Å²) in [5, 5.41) is 9.47. The molecule has 8 heteroatoms. The third-order valence-electron chi connectivity index (χ3n) is 2.80. The number of amides is 1. The zero-order valence-corrected chi connectivity index (χ0v) is 14.7. The summed E-state index contributed by atoms with van der Waals surface area (Å²) in [5.74, 6) is 2.34. The molecule has 0 saturated carbocycles. The molecule has 4 nitrogen and oxygen atoms in total. The summed E-state index contributed by atoms with van der Waals surface area (Å²) < 4.78 is 0. The highest BCUT2D eigenvalue weighted by molar-refractivity contribution is 7.99. The summed E-state index contributed by atoms with van der Waals surface area (Å²) in [6.45, 7) is 3.70. The van der Waals surface area contributed by atoms with Crippen molar-refractivity contribution in [3.8, 4) is 0 Å². The number of thiazole rings is 1. The molecule has 1 aliphatic heterocycles. The topological polar surface area (TPSA) is 54.0 Å². The first-order valence-electron chi connectivity index (χ1n) is 6.23. The van der Waals surface area contributed by atoms with Crippen LogP contribution in [0.4, 0.5) is 0 Å². The quantitative estimate of drug-likeness (QED) is 0.846. The van der Waals surface area contributed by atoms with Gasteiger partial charge >= 0.3 is 0 Å². The fourth-order valence-electron chi connectivity index (χ4n) is 1.90. The molecule has 0 spiro atoms. The number of nitrogens with one attached hydrogen (secondary N) is 2. The van der Waals surface area contributed by atoms with E-state index in [2.05, 4.69) is 21.0 Å². The van der Waals surface area contributed by atoms with Gasteiger partial charge in [0.1, 0.15) is 0 Å². The Morgan fingerprint density at radius 1 is 1.55 bits per heavy atom. The van der Waals surface area contributed by atoms with Gasteiger partial charge in [-0.25, -0.2) is 4.98 Å². The maximum atomic E-state index is 11.7. The lowest BCUT2D eigenvalue weighted by Crippen LogP contribution is -2.41. The van der Waals surface area contributed by atoms with Gasteiger partial charge < -0.3 is 10.6 Å². The van der Waals surface area contributed by atoms with Crippen molar-refractivity contribution in [3.63, 3.8) is 0 Å². The maximum Gasteiger partial charge on any atom is 0.221 e. The monoisotopic (exact) mass is 357 g/mol. The molecule has 0 bridgehead atoms. The van der Waals surface area contributed by atoms with E-state index in [-0.39, 0.29) is 30.7 Å². The highest BCUT2D eigenvalue weighted by atomic mass is 35.5. The Morgan fingerprint density at radius 3 is 2.95 bits per heavy atom. The lowest BCUT2D eigenvalue weighted by Gasteiger charge is -2.22. The average Bonchev–Trinajstić information content (AvgIpc) is 2.76. The zero-order chi connectivity index (χ0) is 12.8. The number of hydrogen-bond donors (Lipinski definition) is 2. The Kier molecular flexibility index (Phi) is 10.7. The Labute approximate surface area is 140 Å². The number of halogens is 2. The van der Waals surface area contributed by atoms with Crippen molar-refractivity contribution in [1.82, 2.24) is 15.6 Å². The Balaban J connectivity index is 0.00000180. The van der Waals surface area contributed by atoms with Gasteiger partial charge in [0.25, 0.3) is 0 Å². The molecule has 1 amide bonds. The molecule has 0 aliphatic carbocycles. The molecule has 1 aromatic heterocycles. The molecule has 2 heterocycles. The van der Waals surface area contributed by atoms with Crippen LogP contribution in [0.25, 0.3) is 0 Å². The number of carbonyl (C=O) groups excluding carboxylic acids is 1. The second kappa shape index (κ2) is 10.7. The molecular weight excluding hydrogens is 337 g/mol. The van der Waals surface area contributed by atoms with Crippen molar-refractivity contribution >= 4 is 53.8 Å². The number of aromatic nitrogens is 1. The normalized spacial score (nSPS) is 17.8. The molecule has 116 valence electrons. The van der Waals surface area contributed by atoms with Crippen molar-refractivity contribution in [2.24, 2.45) is 0 Å². The molecule has 0 radical (unpaired) electrons. The first kappa shape index (κ1) is 20.0. The minimum Gasteiger partial charge on any atom is -0.356 e. The number of hydrogen-bond acceptors (Lipinski definition) is 5. The second-order valence-electron chi connectivity index (χ2n) is 4.39. The molecule has 2 rings (SSSR count). The van der Waals surface area contributed by atoms with E-state index in [1.165, 1.54) is 0 Å². The van der Waals surface area contributed by atoms with Crippen LogP contribution in [0, 0.1) is 6.92 Å². The van der Waals surface area contributed by atoms with Crippen LogP contribution in [-0.2, 0) is 11.2 Å². The van der Waals surface area contributed by atoms with E-state index >= 15 is 0 Å². The van der Waals surface area contributed by atoms with Crippen LogP contribution in [0.2, 0.25) is 0 Å². The SMILES string of the molecule is Cc1nc(CCNC(=O)CC2CSCCN2)cs1.Cl.Cl.